The van der Waals surface area contributed by atoms with E-state index in [2.05, 4.69) is 16.7 Å². The van der Waals surface area contributed by atoms with Gasteiger partial charge in [0.25, 0.3) is 0 Å². The molecule has 1 heterocycles. The Morgan fingerprint density at radius 3 is 2.41 bits per heavy atom. The highest BCUT2D eigenvalue weighted by Gasteiger charge is 2.44. The summed E-state index contributed by atoms with van der Waals surface area (Å²) in [7, 11) is 2.40. The topological polar surface area (TPSA) is 144 Å². The molecule has 2 atom stereocenters. The van der Waals surface area contributed by atoms with Crippen molar-refractivity contribution in [3.63, 3.8) is 0 Å². The standard InChI is InChI=1S/C26H25N3O7S/c1-4-36-16-11-9-15(10-12-16)21-18(13-27)24(29-23(31)22(21)26(33)35-3)37-14-20(30)28-19-8-6-5-7-17(19)25(32)34-2/h5-12,21-22H,4,14H2,1-3H3,(H,28,30)(H,29,31). The number of amides is 2. The van der Waals surface area contributed by atoms with E-state index in [1.54, 1.807) is 42.5 Å². The van der Waals surface area contributed by atoms with Crippen LogP contribution in [0.25, 0.3) is 0 Å². The molecule has 0 bridgehead atoms. The number of ether oxygens (including phenoxy) is 3. The fourth-order valence-corrected chi connectivity index (χ4v) is 4.67. The molecule has 0 aliphatic carbocycles. The van der Waals surface area contributed by atoms with Gasteiger partial charge in [-0.15, -0.1) is 0 Å². The molecule has 37 heavy (non-hydrogen) atoms. The largest absolute Gasteiger partial charge is 0.494 e. The third-order valence-electron chi connectivity index (χ3n) is 5.49. The van der Waals surface area contributed by atoms with Crippen molar-refractivity contribution < 1.29 is 33.4 Å². The van der Waals surface area contributed by atoms with Crippen molar-refractivity contribution in [1.29, 1.82) is 5.26 Å². The maximum Gasteiger partial charge on any atom is 0.339 e. The average Bonchev–Trinajstić information content (AvgIpc) is 2.91. The van der Waals surface area contributed by atoms with E-state index in [4.69, 9.17) is 14.2 Å². The van der Waals surface area contributed by atoms with Gasteiger partial charge in [-0.1, -0.05) is 36.0 Å². The van der Waals surface area contributed by atoms with Gasteiger partial charge in [0.05, 0.1) is 54.5 Å². The lowest BCUT2D eigenvalue weighted by Gasteiger charge is -2.31. The highest BCUT2D eigenvalue weighted by molar-refractivity contribution is 8.03. The minimum Gasteiger partial charge on any atom is -0.494 e. The van der Waals surface area contributed by atoms with Gasteiger partial charge in [-0.2, -0.15) is 5.26 Å². The zero-order valence-electron chi connectivity index (χ0n) is 20.4. The second-order valence-corrected chi connectivity index (χ2v) is 8.68. The Morgan fingerprint density at radius 2 is 1.78 bits per heavy atom. The van der Waals surface area contributed by atoms with Crippen LogP contribution in [0, 0.1) is 17.2 Å². The molecule has 11 heteroatoms. The first-order valence-corrected chi connectivity index (χ1v) is 12.2. The van der Waals surface area contributed by atoms with Crippen molar-refractivity contribution in [1.82, 2.24) is 5.32 Å². The summed E-state index contributed by atoms with van der Waals surface area (Å²) in [5.74, 6) is -4.32. The number of nitrogens with zero attached hydrogens (tertiary/aromatic N) is 1. The number of benzene rings is 2. The minimum absolute atomic E-state index is 0.118. The normalized spacial score (nSPS) is 16.8. The first-order valence-electron chi connectivity index (χ1n) is 11.2. The molecule has 2 aromatic carbocycles. The number of carbonyl (C=O) groups is 4. The molecule has 3 rings (SSSR count). The summed E-state index contributed by atoms with van der Waals surface area (Å²) < 4.78 is 15.0. The number of hydrogen-bond acceptors (Lipinski definition) is 9. The van der Waals surface area contributed by atoms with Crippen molar-refractivity contribution in [2.45, 2.75) is 12.8 Å². The van der Waals surface area contributed by atoms with E-state index in [0.29, 0.717) is 17.9 Å². The van der Waals surface area contributed by atoms with Gasteiger partial charge < -0.3 is 24.8 Å². The van der Waals surface area contributed by atoms with E-state index in [1.807, 2.05) is 6.92 Å². The minimum atomic E-state index is -1.29. The number of nitrogens with one attached hydrogen (secondary N) is 2. The smallest absolute Gasteiger partial charge is 0.339 e. The molecule has 0 saturated heterocycles. The molecule has 2 amide bonds. The van der Waals surface area contributed by atoms with Gasteiger partial charge >= 0.3 is 11.9 Å². The molecule has 192 valence electrons. The molecular formula is C26H25N3O7S. The summed E-state index contributed by atoms with van der Waals surface area (Å²) in [4.78, 5) is 50.1. The fourth-order valence-electron chi connectivity index (χ4n) is 3.82. The van der Waals surface area contributed by atoms with Crippen molar-refractivity contribution in [3.05, 3.63) is 70.3 Å². The van der Waals surface area contributed by atoms with E-state index in [0.717, 1.165) is 11.8 Å². The average molecular weight is 524 g/mol. The molecular weight excluding hydrogens is 498 g/mol. The van der Waals surface area contributed by atoms with Crippen LogP contribution in [0.4, 0.5) is 5.69 Å². The molecule has 0 spiro atoms. The summed E-state index contributed by atoms with van der Waals surface area (Å²) >= 11 is 0.932. The summed E-state index contributed by atoms with van der Waals surface area (Å²) in [5, 5.41) is 15.4. The van der Waals surface area contributed by atoms with Crippen LogP contribution in [0.2, 0.25) is 0 Å². The van der Waals surface area contributed by atoms with E-state index >= 15 is 0 Å². The predicted octanol–water partition coefficient (Wildman–Crippen LogP) is 2.98. The van der Waals surface area contributed by atoms with Gasteiger partial charge in [-0.25, -0.2) is 4.79 Å². The summed E-state index contributed by atoms with van der Waals surface area (Å²) in [5.41, 5.74) is 1.11. The molecule has 10 nitrogen and oxygen atoms in total. The zero-order valence-corrected chi connectivity index (χ0v) is 21.2. The maximum absolute atomic E-state index is 13.0. The Labute approximate surface area is 218 Å². The van der Waals surface area contributed by atoms with Crippen molar-refractivity contribution in [2.75, 3.05) is 31.9 Å². The van der Waals surface area contributed by atoms with E-state index < -0.39 is 35.6 Å². The van der Waals surface area contributed by atoms with Gasteiger partial charge in [0.15, 0.2) is 0 Å². The third-order valence-corrected chi connectivity index (χ3v) is 6.51. The van der Waals surface area contributed by atoms with E-state index in [-0.39, 0.29) is 27.6 Å². The summed E-state index contributed by atoms with van der Waals surface area (Å²) in [6.07, 6.45) is 0. The van der Waals surface area contributed by atoms with Gasteiger partial charge in [-0.05, 0) is 36.8 Å². The van der Waals surface area contributed by atoms with Gasteiger partial charge in [0.1, 0.15) is 11.7 Å². The highest BCUT2D eigenvalue weighted by atomic mass is 32.2. The zero-order chi connectivity index (χ0) is 26.9. The van der Waals surface area contributed by atoms with Gasteiger partial charge in [0, 0.05) is 5.92 Å². The summed E-state index contributed by atoms with van der Waals surface area (Å²) in [6, 6.07) is 15.2. The summed E-state index contributed by atoms with van der Waals surface area (Å²) in [6.45, 7) is 2.31. The second kappa shape index (κ2) is 12.6. The number of anilines is 1. The number of rotatable bonds is 9. The van der Waals surface area contributed by atoms with Crippen LogP contribution in [0.1, 0.15) is 28.8 Å². The SMILES string of the molecule is CCOc1ccc(C2C(C#N)=C(SCC(=O)Nc3ccccc3C(=O)OC)NC(=O)C2C(=O)OC)cc1. The monoisotopic (exact) mass is 523 g/mol. The van der Waals surface area contributed by atoms with Gasteiger partial charge in [0.2, 0.25) is 11.8 Å². The Bertz CT molecular complexity index is 1270. The number of carbonyl (C=O) groups excluding carboxylic acids is 4. The number of thioether (sulfide) groups is 1. The molecule has 0 fully saturated rings. The van der Waals surface area contributed by atoms with E-state index in [1.165, 1.54) is 20.3 Å². The second-order valence-electron chi connectivity index (χ2n) is 7.70. The molecule has 1 aliphatic rings. The van der Waals surface area contributed by atoms with Crippen LogP contribution in [-0.4, -0.2) is 50.3 Å². The first kappa shape index (κ1) is 27.3. The van der Waals surface area contributed by atoms with Gasteiger partial charge in [-0.3, -0.25) is 14.4 Å². The number of para-hydroxylation sites is 1. The maximum atomic E-state index is 13.0. The Balaban J connectivity index is 1.88. The molecule has 0 radical (unpaired) electrons. The van der Waals surface area contributed by atoms with Crippen LogP contribution in [0.5, 0.6) is 5.75 Å². The number of methoxy groups -OCH3 is 2. The first-order chi connectivity index (χ1) is 17.8. The number of nitriles is 1. The Hall–Kier alpha value is -4.30. The molecule has 2 N–H and O–H groups in total. The van der Waals surface area contributed by atoms with E-state index in [9.17, 15) is 24.4 Å². The lowest BCUT2D eigenvalue weighted by atomic mass is 9.78. The number of allylic oxidation sites excluding steroid dienone is 1. The lowest BCUT2D eigenvalue weighted by molar-refractivity contribution is -0.150. The Morgan fingerprint density at radius 1 is 1.08 bits per heavy atom. The lowest BCUT2D eigenvalue weighted by Crippen LogP contribution is -2.44. The molecule has 0 aromatic heterocycles. The van der Waals surface area contributed by atoms with Crippen LogP contribution in [0.3, 0.4) is 0 Å². The molecule has 2 aromatic rings. The highest BCUT2D eigenvalue weighted by Crippen LogP contribution is 2.40. The Kier molecular flexibility index (Phi) is 9.29. The van der Waals surface area contributed by atoms with Crippen molar-refractivity contribution in [3.8, 4) is 11.8 Å². The van der Waals surface area contributed by atoms with Crippen LogP contribution in [0.15, 0.2) is 59.1 Å². The predicted molar refractivity (Wildman–Crippen MR) is 136 cm³/mol. The molecule has 0 saturated carbocycles. The van der Waals surface area contributed by atoms with Crippen molar-refractivity contribution in [2.24, 2.45) is 5.92 Å². The van der Waals surface area contributed by atoms with Crippen LogP contribution < -0.4 is 15.4 Å². The number of esters is 2. The van der Waals surface area contributed by atoms with Crippen molar-refractivity contribution >= 4 is 41.2 Å². The number of hydrogen-bond donors (Lipinski definition) is 2. The van der Waals surface area contributed by atoms with Crippen LogP contribution >= 0.6 is 11.8 Å². The molecule has 2 unspecified atom stereocenters. The quantitative estimate of drug-likeness (QED) is 0.374. The third kappa shape index (κ3) is 6.29. The van der Waals surface area contributed by atoms with Crippen LogP contribution in [-0.2, 0) is 23.9 Å². The molecule has 1 aliphatic heterocycles. The fraction of sp³-hybridized carbons (Fsp3) is 0.269.